The van der Waals surface area contributed by atoms with Crippen molar-refractivity contribution >= 4 is 57.9 Å². The Bertz CT molecular complexity index is 2020. The van der Waals surface area contributed by atoms with Gasteiger partial charge in [-0.15, -0.1) is 11.8 Å². The highest BCUT2D eigenvalue weighted by Gasteiger charge is 2.69. The van der Waals surface area contributed by atoms with Gasteiger partial charge in [-0.1, -0.05) is 41.7 Å². The molecule has 1 aromatic heterocycles. The van der Waals surface area contributed by atoms with Gasteiger partial charge in [-0.05, 0) is 72.6 Å². The minimum Gasteiger partial charge on any atom is -0.484 e. The number of thioether (sulfide) groups is 1. The number of imide groups is 1. The highest BCUT2D eigenvalue weighted by Crippen LogP contribution is 2.68. The number of nitro groups is 1. The van der Waals surface area contributed by atoms with Crippen molar-refractivity contribution in [1.82, 2.24) is 4.98 Å². The van der Waals surface area contributed by atoms with Crippen LogP contribution >= 0.6 is 23.1 Å². The molecule has 2 saturated carbocycles. The number of non-ortho nitro benzene ring substituents is 1. The third kappa shape index (κ3) is 4.78. The quantitative estimate of drug-likeness (QED) is 0.152. The van der Waals surface area contributed by atoms with E-state index in [1.54, 1.807) is 17.8 Å². The zero-order valence-corrected chi connectivity index (χ0v) is 26.6. The van der Waals surface area contributed by atoms with E-state index in [1.807, 2.05) is 49.4 Å². The second-order valence-corrected chi connectivity index (χ2v) is 14.7. The molecule has 3 amide bonds. The smallest absolute Gasteiger partial charge is 0.305 e. The first-order chi connectivity index (χ1) is 22.7. The molecule has 4 aliphatic rings. The molecule has 2 N–H and O–H groups in total. The van der Waals surface area contributed by atoms with E-state index in [0.717, 1.165) is 33.1 Å². The Morgan fingerprint density at radius 2 is 1.77 bits per heavy atom. The van der Waals surface area contributed by atoms with E-state index in [1.165, 1.54) is 40.5 Å². The summed E-state index contributed by atoms with van der Waals surface area (Å²) in [4.78, 5) is 68.8. The maximum atomic E-state index is 14.0. The van der Waals surface area contributed by atoms with Crippen molar-refractivity contribution in [2.45, 2.75) is 29.5 Å². The Balaban J connectivity index is 1.08. The molecule has 4 aromatic rings. The number of carbonyl (C=O) groups excluding carboxylic acids is 3. The Kier molecular flexibility index (Phi) is 7.06. The third-order valence-electron chi connectivity index (χ3n) is 10.0. The van der Waals surface area contributed by atoms with Crippen LogP contribution in [0.1, 0.15) is 28.3 Å². The number of benzene rings is 3. The number of fused-ring (bicyclic) bond motifs is 9. The predicted molar refractivity (Wildman–Crippen MR) is 176 cm³/mol. The lowest BCUT2D eigenvalue weighted by molar-refractivity contribution is -0.384. The van der Waals surface area contributed by atoms with Gasteiger partial charge in [0.1, 0.15) is 5.75 Å². The molecule has 7 atom stereocenters. The van der Waals surface area contributed by atoms with Crippen LogP contribution in [0.2, 0.25) is 0 Å². The normalized spacial score (nSPS) is 26.9. The first-order valence-corrected chi connectivity index (χ1v) is 17.0. The summed E-state index contributed by atoms with van der Waals surface area (Å²) >= 11 is 2.77. The SMILES string of the molecule is Cc1ccccc1NC(=O)COc1cccc([C@@H]2c3sc(=O)[nH]c3S[C@@H]3[C@@H]4C[C@@H]([C@@H]5C(=O)N(c6ccc([N+](=O)[O-])cc6)C(=O)[C@@H]45)[C@H]23)c1. The number of nitrogens with one attached hydrogen (secondary N) is 2. The zero-order chi connectivity index (χ0) is 32.6. The maximum absolute atomic E-state index is 14.0. The molecule has 1 saturated heterocycles. The molecule has 8 rings (SSSR count). The van der Waals surface area contributed by atoms with Crippen molar-refractivity contribution in [2.24, 2.45) is 29.6 Å². The molecule has 0 radical (unpaired) electrons. The molecule has 238 valence electrons. The number of thiazole rings is 1. The minimum atomic E-state index is -0.516. The lowest BCUT2D eigenvalue weighted by atomic mass is 9.68. The highest BCUT2D eigenvalue weighted by atomic mass is 32.2. The number of anilines is 2. The number of para-hydroxylation sites is 1. The molecule has 47 heavy (non-hydrogen) atoms. The molecular formula is C34H28N4O7S2. The Labute approximate surface area is 276 Å². The summed E-state index contributed by atoms with van der Waals surface area (Å²) in [5.41, 5.74) is 2.81. The van der Waals surface area contributed by atoms with Crippen molar-refractivity contribution in [3.8, 4) is 5.75 Å². The second-order valence-electron chi connectivity index (χ2n) is 12.5. The van der Waals surface area contributed by atoms with Crippen molar-refractivity contribution in [2.75, 3.05) is 16.8 Å². The van der Waals surface area contributed by atoms with Crippen molar-refractivity contribution < 1.29 is 24.0 Å². The lowest BCUT2D eigenvalue weighted by Crippen LogP contribution is -2.42. The van der Waals surface area contributed by atoms with Gasteiger partial charge in [-0.2, -0.15) is 0 Å². The van der Waals surface area contributed by atoms with Crippen LogP contribution in [0.3, 0.4) is 0 Å². The predicted octanol–water partition coefficient (Wildman–Crippen LogP) is 5.35. The Morgan fingerprint density at radius 1 is 1.02 bits per heavy atom. The van der Waals surface area contributed by atoms with E-state index in [9.17, 15) is 29.3 Å². The summed E-state index contributed by atoms with van der Waals surface area (Å²) in [6, 6.07) is 20.6. The molecule has 2 bridgehead atoms. The maximum Gasteiger partial charge on any atom is 0.305 e. The van der Waals surface area contributed by atoms with Gasteiger partial charge >= 0.3 is 4.87 Å². The van der Waals surface area contributed by atoms with Crippen molar-refractivity contribution in [3.05, 3.63) is 109 Å². The van der Waals surface area contributed by atoms with E-state index < -0.39 is 16.8 Å². The number of hydrogen-bond donors (Lipinski definition) is 2. The minimum absolute atomic E-state index is 0.00188. The number of H-pyrrole nitrogens is 1. The average Bonchev–Trinajstić information content (AvgIpc) is 3.80. The van der Waals surface area contributed by atoms with Gasteiger partial charge in [0.15, 0.2) is 6.61 Å². The molecule has 0 unspecified atom stereocenters. The van der Waals surface area contributed by atoms with Gasteiger partial charge in [-0.3, -0.25) is 34.2 Å². The fourth-order valence-corrected chi connectivity index (χ4v) is 11.1. The van der Waals surface area contributed by atoms with Gasteiger partial charge in [-0.25, -0.2) is 0 Å². The summed E-state index contributed by atoms with van der Waals surface area (Å²) < 4.78 is 5.93. The summed E-state index contributed by atoms with van der Waals surface area (Å²) in [5.74, 6) is -1.68. The molecule has 3 aromatic carbocycles. The van der Waals surface area contributed by atoms with Gasteiger partial charge in [0.05, 0.1) is 27.5 Å². The van der Waals surface area contributed by atoms with Gasteiger partial charge < -0.3 is 15.0 Å². The third-order valence-corrected chi connectivity index (χ3v) is 12.6. The molecule has 2 aliphatic heterocycles. The first-order valence-electron chi connectivity index (χ1n) is 15.3. The number of carbonyl (C=O) groups is 3. The zero-order valence-electron chi connectivity index (χ0n) is 25.0. The van der Waals surface area contributed by atoms with Crippen LogP contribution in [0.15, 0.2) is 82.6 Å². The standard InChI is InChI=1S/C34H28N4O7S2/c1-16-5-2-3-8-23(16)35-24(39)15-45-20-7-4-6-17(13-20)25-26-21-14-22(29(26)46-31-30(25)47-34(42)36-31)28-27(21)32(40)37(33(28)41)18-9-11-19(12-10-18)38(43)44/h2-13,21-22,25-29H,14-15H2,1H3,(H,35,39)(H,36,42)/t21-,22-,25+,26-,27+,28+,29-/m1/s1. The fraction of sp³-hybridized carbons (Fsp3) is 0.294. The summed E-state index contributed by atoms with van der Waals surface area (Å²) in [6.07, 6.45) is 0.730. The van der Waals surface area contributed by atoms with Gasteiger partial charge in [0, 0.05) is 33.9 Å². The summed E-state index contributed by atoms with van der Waals surface area (Å²) in [7, 11) is 0. The lowest BCUT2D eigenvalue weighted by Gasteiger charge is -2.43. The van der Waals surface area contributed by atoms with E-state index in [0.29, 0.717) is 11.4 Å². The number of amides is 3. The number of nitro benzene ring substituents is 1. The molecule has 3 heterocycles. The van der Waals surface area contributed by atoms with Crippen LogP contribution in [0, 0.1) is 46.6 Å². The highest BCUT2D eigenvalue weighted by molar-refractivity contribution is 8.00. The largest absolute Gasteiger partial charge is 0.484 e. The number of aromatic amines is 1. The Morgan fingerprint density at radius 3 is 2.51 bits per heavy atom. The molecule has 0 spiro atoms. The van der Waals surface area contributed by atoms with Crippen molar-refractivity contribution in [1.29, 1.82) is 0 Å². The van der Waals surface area contributed by atoms with E-state index in [-0.39, 0.29) is 63.8 Å². The van der Waals surface area contributed by atoms with Crippen LogP contribution < -0.4 is 19.8 Å². The first kappa shape index (κ1) is 29.6. The number of nitrogens with zero attached hydrogens (tertiary/aromatic N) is 2. The fourth-order valence-electron chi connectivity index (χ4n) is 8.21. The van der Waals surface area contributed by atoms with Gasteiger partial charge in [0.2, 0.25) is 11.8 Å². The summed E-state index contributed by atoms with van der Waals surface area (Å²) in [5, 5.41) is 14.8. The van der Waals surface area contributed by atoms with Crippen LogP contribution in [0.5, 0.6) is 5.75 Å². The topological polar surface area (TPSA) is 152 Å². The number of ether oxygens (including phenoxy) is 1. The number of aryl methyl sites for hydroxylation is 1. The number of rotatable bonds is 7. The Hall–Kier alpha value is -4.75. The van der Waals surface area contributed by atoms with Crippen LogP contribution in [-0.4, -0.2) is 39.5 Å². The van der Waals surface area contributed by atoms with E-state index in [4.69, 9.17) is 4.74 Å². The van der Waals surface area contributed by atoms with Crippen LogP contribution in [0.25, 0.3) is 0 Å². The second kappa shape index (κ2) is 11.2. The van der Waals surface area contributed by atoms with Crippen LogP contribution in [0.4, 0.5) is 17.1 Å². The molecule has 2 aliphatic carbocycles. The number of aromatic nitrogens is 1. The van der Waals surface area contributed by atoms with E-state index in [2.05, 4.69) is 10.3 Å². The monoisotopic (exact) mass is 668 g/mol. The molecular weight excluding hydrogens is 641 g/mol. The number of hydrogen-bond acceptors (Lipinski definition) is 9. The van der Waals surface area contributed by atoms with Crippen LogP contribution in [-0.2, 0) is 14.4 Å². The van der Waals surface area contributed by atoms with Crippen molar-refractivity contribution in [3.63, 3.8) is 0 Å². The summed E-state index contributed by atoms with van der Waals surface area (Å²) in [6.45, 7) is 1.73. The van der Waals surface area contributed by atoms with Gasteiger partial charge in [0.25, 0.3) is 11.6 Å². The molecule has 11 nitrogen and oxygen atoms in total. The molecule has 3 fully saturated rings. The molecule has 13 heteroatoms. The average molecular weight is 669 g/mol. The van der Waals surface area contributed by atoms with E-state index >= 15 is 0 Å².